The van der Waals surface area contributed by atoms with Gasteiger partial charge in [0.1, 0.15) is 17.4 Å². The van der Waals surface area contributed by atoms with E-state index in [1.165, 1.54) is 11.8 Å². The molecule has 0 bridgehead atoms. The molecule has 0 aliphatic rings. The Morgan fingerprint density at radius 3 is 2.45 bits per heavy atom. The molecule has 1 aromatic heterocycles. The summed E-state index contributed by atoms with van der Waals surface area (Å²) in [4.78, 5) is 15.3. The fourth-order valence-electron chi connectivity index (χ4n) is 2.10. The molecular weight excluding hydrogens is 272 g/mol. The molecule has 4 nitrogen and oxygen atoms in total. The number of thioether (sulfide) groups is 1. The summed E-state index contributed by atoms with van der Waals surface area (Å²) in [5.74, 6) is 0.766. The molecule has 0 amide bonds. The van der Waals surface area contributed by atoms with E-state index in [1.54, 1.807) is 7.11 Å². The van der Waals surface area contributed by atoms with Crippen molar-refractivity contribution >= 4 is 11.8 Å². The van der Waals surface area contributed by atoms with Crippen LogP contribution in [0.4, 0.5) is 0 Å². The zero-order chi connectivity index (χ0) is 14.7. The normalized spacial score (nSPS) is 10.1. The van der Waals surface area contributed by atoms with Crippen molar-refractivity contribution in [1.82, 2.24) is 4.98 Å². The average molecular weight is 286 g/mol. The number of nitrogens with one attached hydrogen (secondary N) is 1. The van der Waals surface area contributed by atoms with E-state index >= 15 is 0 Å². The van der Waals surface area contributed by atoms with Crippen molar-refractivity contribution in [3.63, 3.8) is 0 Å². The number of nitrogens with zero attached hydrogens (tertiary/aromatic N) is 1. The summed E-state index contributed by atoms with van der Waals surface area (Å²) in [6.45, 7) is 1.84. The highest BCUT2D eigenvalue weighted by atomic mass is 32.2. The lowest BCUT2D eigenvalue weighted by Gasteiger charge is -2.12. The number of benzene rings is 1. The van der Waals surface area contributed by atoms with Gasteiger partial charge in [0.15, 0.2) is 0 Å². The number of nitriles is 1. The van der Waals surface area contributed by atoms with Crippen LogP contribution in [0.25, 0.3) is 11.1 Å². The van der Waals surface area contributed by atoms with E-state index in [-0.39, 0.29) is 11.1 Å². The van der Waals surface area contributed by atoms with E-state index < -0.39 is 0 Å². The number of aromatic amines is 1. The molecule has 1 aromatic carbocycles. The van der Waals surface area contributed by atoms with E-state index in [4.69, 9.17) is 4.74 Å². The molecule has 0 radical (unpaired) electrons. The summed E-state index contributed by atoms with van der Waals surface area (Å²) in [5, 5.41) is 9.17. The lowest BCUT2D eigenvalue weighted by atomic mass is 10.0. The first-order chi connectivity index (χ1) is 9.62. The van der Waals surface area contributed by atoms with Crippen LogP contribution < -0.4 is 10.3 Å². The number of hydrogen-bond donors (Lipinski definition) is 1. The van der Waals surface area contributed by atoms with Crippen molar-refractivity contribution < 1.29 is 4.74 Å². The van der Waals surface area contributed by atoms with Crippen molar-refractivity contribution in [2.45, 2.75) is 11.8 Å². The molecule has 0 fully saturated rings. The van der Waals surface area contributed by atoms with Crippen LogP contribution in [-0.2, 0) is 0 Å². The van der Waals surface area contributed by atoms with Crippen LogP contribution in [0.2, 0.25) is 0 Å². The molecule has 20 heavy (non-hydrogen) atoms. The van der Waals surface area contributed by atoms with E-state index in [9.17, 15) is 10.1 Å². The molecule has 0 saturated heterocycles. The van der Waals surface area contributed by atoms with Crippen molar-refractivity contribution in [1.29, 1.82) is 5.26 Å². The molecule has 0 aliphatic heterocycles. The summed E-state index contributed by atoms with van der Waals surface area (Å²) >= 11 is 1.41. The number of ether oxygens (including phenoxy) is 1. The van der Waals surface area contributed by atoms with Crippen LogP contribution in [0, 0.1) is 18.3 Å². The summed E-state index contributed by atoms with van der Waals surface area (Å²) in [7, 11) is 1.61. The average Bonchev–Trinajstić information content (AvgIpc) is 2.46. The summed E-state index contributed by atoms with van der Waals surface area (Å²) in [5.41, 5.74) is 2.40. The maximum absolute atomic E-state index is 11.8. The van der Waals surface area contributed by atoms with E-state index in [0.717, 1.165) is 22.6 Å². The molecule has 5 heteroatoms. The number of methoxy groups -OCH3 is 1. The fraction of sp³-hybridized carbons (Fsp3) is 0.200. The third-order valence-corrected chi connectivity index (χ3v) is 3.87. The Labute approximate surface area is 121 Å². The largest absolute Gasteiger partial charge is 0.497 e. The number of hydrogen-bond acceptors (Lipinski definition) is 4. The van der Waals surface area contributed by atoms with Gasteiger partial charge in [0.2, 0.25) is 0 Å². The van der Waals surface area contributed by atoms with Gasteiger partial charge in [-0.25, -0.2) is 0 Å². The second-order valence-electron chi connectivity index (χ2n) is 4.20. The van der Waals surface area contributed by atoms with Gasteiger partial charge in [-0.15, -0.1) is 11.8 Å². The van der Waals surface area contributed by atoms with Gasteiger partial charge >= 0.3 is 0 Å². The van der Waals surface area contributed by atoms with Crippen molar-refractivity contribution in [2.75, 3.05) is 13.4 Å². The van der Waals surface area contributed by atoms with Crippen LogP contribution in [0.5, 0.6) is 5.75 Å². The highest BCUT2D eigenvalue weighted by Crippen LogP contribution is 2.34. The van der Waals surface area contributed by atoms with Crippen molar-refractivity contribution in [3.8, 4) is 22.9 Å². The Morgan fingerprint density at radius 2 is 1.95 bits per heavy atom. The van der Waals surface area contributed by atoms with Gasteiger partial charge in [0, 0.05) is 16.2 Å². The van der Waals surface area contributed by atoms with Gasteiger partial charge < -0.3 is 9.72 Å². The van der Waals surface area contributed by atoms with Crippen LogP contribution in [0.3, 0.4) is 0 Å². The quantitative estimate of drug-likeness (QED) is 0.881. The SMILES string of the molecule is COc1ccc(-c2c(C)[nH]c(=O)c(C#N)c2SC)cc1. The first-order valence-corrected chi connectivity index (χ1v) is 7.20. The molecular formula is C15H14N2O2S. The molecule has 102 valence electrons. The third-order valence-electron chi connectivity index (χ3n) is 3.05. The van der Waals surface area contributed by atoms with Crippen LogP contribution in [0.1, 0.15) is 11.3 Å². The topological polar surface area (TPSA) is 65.9 Å². The van der Waals surface area contributed by atoms with Crippen molar-refractivity contribution in [2.24, 2.45) is 0 Å². The Bertz CT molecular complexity index is 727. The Morgan fingerprint density at radius 1 is 1.30 bits per heavy atom. The molecule has 1 heterocycles. The maximum Gasteiger partial charge on any atom is 0.267 e. The van der Waals surface area contributed by atoms with Gasteiger partial charge in [-0.2, -0.15) is 5.26 Å². The highest BCUT2D eigenvalue weighted by molar-refractivity contribution is 7.98. The predicted molar refractivity (Wildman–Crippen MR) is 80.3 cm³/mol. The van der Waals surface area contributed by atoms with E-state index in [2.05, 4.69) is 4.98 Å². The number of aryl methyl sites for hydroxylation is 1. The number of rotatable bonds is 3. The Kier molecular flexibility index (Phi) is 4.16. The third kappa shape index (κ3) is 2.43. The smallest absolute Gasteiger partial charge is 0.267 e. The van der Waals surface area contributed by atoms with Gasteiger partial charge in [-0.05, 0) is 30.9 Å². The lowest BCUT2D eigenvalue weighted by Crippen LogP contribution is -2.14. The minimum Gasteiger partial charge on any atom is -0.497 e. The molecule has 2 rings (SSSR count). The van der Waals surface area contributed by atoms with Gasteiger partial charge in [-0.1, -0.05) is 12.1 Å². The second kappa shape index (κ2) is 5.85. The van der Waals surface area contributed by atoms with Crippen LogP contribution in [0.15, 0.2) is 34.0 Å². The van der Waals surface area contributed by atoms with E-state index in [0.29, 0.717) is 4.90 Å². The number of pyridine rings is 1. The predicted octanol–water partition coefficient (Wildman–Crippen LogP) is 2.95. The molecule has 0 saturated carbocycles. The minimum atomic E-state index is -0.341. The molecule has 0 unspecified atom stereocenters. The Balaban J connectivity index is 2.72. The minimum absolute atomic E-state index is 0.161. The van der Waals surface area contributed by atoms with Gasteiger partial charge in [0.05, 0.1) is 7.11 Å². The van der Waals surface area contributed by atoms with Gasteiger partial charge in [-0.3, -0.25) is 4.79 Å². The molecule has 0 atom stereocenters. The highest BCUT2D eigenvalue weighted by Gasteiger charge is 2.16. The Hall–Kier alpha value is -2.19. The van der Waals surface area contributed by atoms with E-state index in [1.807, 2.05) is 43.5 Å². The molecule has 0 aliphatic carbocycles. The van der Waals surface area contributed by atoms with Crippen LogP contribution >= 0.6 is 11.8 Å². The summed E-state index contributed by atoms with van der Waals surface area (Å²) < 4.78 is 5.14. The fourth-order valence-corrected chi connectivity index (χ4v) is 2.92. The first kappa shape index (κ1) is 14.2. The van der Waals surface area contributed by atoms with Crippen LogP contribution in [-0.4, -0.2) is 18.3 Å². The summed E-state index contributed by atoms with van der Waals surface area (Å²) in [6, 6.07) is 9.53. The first-order valence-electron chi connectivity index (χ1n) is 5.97. The monoisotopic (exact) mass is 286 g/mol. The molecule has 1 N–H and O–H groups in total. The number of aromatic nitrogens is 1. The number of H-pyrrole nitrogens is 1. The van der Waals surface area contributed by atoms with Crippen molar-refractivity contribution in [3.05, 3.63) is 45.9 Å². The lowest BCUT2D eigenvalue weighted by molar-refractivity contribution is 0.415. The van der Waals surface area contributed by atoms with Gasteiger partial charge in [0.25, 0.3) is 5.56 Å². The zero-order valence-corrected chi connectivity index (χ0v) is 12.3. The summed E-state index contributed by atoms with van der Waals surface area (Å²) in [6.07, 6.45) is 1.86. The maximum atomic E-state index is 11.8. The molecule has 0 spiro atoms. The molecule has 2 aromatic rings. The zero-order valence-electron chi connectivity index (χ0n) is 11.5. The second-order valence-corrected chi connectivity index (χ2v) is 5.02. The standard InChI is InChI=1S/C15H14N2O2S/c1-9-13(10-4-6-11(19-2)7-5-10)14(20-3)12(8-16)15(18)17-9/h4-7H,1-3H3,(H,17,18).